The van der Waals surface area contributed by atoms with Crippen molar-refractivity contribution in [1.82, 2.24) is 4.98 Å². The largest absolute Gasteiger partial charge is 0.493 e. The van der Waals surface area contributed by atoms with Gasteiger partial charge in [0.1, 0.15) is 18.1 Å². The van der Waals surface area contributed by atoms with E-state index in [4.69, 9.17) is 14.6 Å². The Kier molecular flexibility index (Phi) is 5.45. The number of halogens is 4. The molecule has 2 rings (SSSR count). The lowest BCUT2D eigenvalue weighted by atomic mass is 10.2. The molecule has 1 atom stereocenters. The van der Waals surface area contributed by atoms with Crippen LogP contribution in [0.3, 0.4) is 0 Å². The second-order valence-electron chi connectivity index (χ2n) is 5.13. The summed E-state index contributed by atoms with van der Waals surface area (Å²) in [5.41, 5.74) is -1.21. The Morgan fingerprint density at radius 3 is 2.36 bits per heavy atom. The first-order chi connectivity index (χ1) is 11.7. The van der Waals surface area contributed by atoms with E-state index < -0.39 is 35.3 Å². The molecule has 5 nitrogen and oxygen atoms in total. The second kappa shape index (κ2) is 7.37. The molecule has 0 amide bonds. The lowest BCUT2D eigenvalue weighted by molar-refractivity contribution is -0.142. The molecule has 9 heteroatoms. The fourth-order valence-corrected chi connectivity index (χ4v) is 1.66. The highest BCUT2D eigenvalue weighted by Crippen LogP contribution is 2.32. The summed E-state index contributed by atoms with van der Waals surface area (Å²) in [7, 11) is 0. The van der Waals surface area contributed by atoms with E-state index in [9.17, 15) is 22.4 Å². The second-order valence-corrected chi connectivity index (χ2v) is 5.13. The minimum atomic E-state index is -4.70. The summed E-state index contributed by atoms with van der Waals surface area (Å²) in [5.74, 6) is -3.04. The van der Waals surface area contributed by atoms with Gasteiger partial charge in [-0.15, -0.1) is 0 Å². The van der Waals surface area contributed by atoms with Gasteiger partial charge in [-0.25, -0.2) is 9.37 Å². The predicted octanol–water partition coefficient (Wildman–Crippen LogP) is 4.13. The summed E-state index contributed by atoms with van der Waals surface area (Å²) in [6, 6.07) is 5.98. The quantitative estimate of drug-likeness (QED) is 0.786. The van der Waals surface area contributed by atoms with Crippen LogP contribution in [0.4, 0.5) is 17.6 Å². The molecule has 2 aromatic rings. The average Bonchev–Trinajstić information content (AvgIpc) is 2.54. The molecule has 1 aromatic heterocycles. The third-order valence-corrected chi connectivity index (χ3v) is 3.09. The molecular formula is C16H13F4NO4. The van der Waals surface area contributed by atoms with Crippen LogP contribution >= 0.6 is 0 Å². The van der Waals surface area contributed by atoms with Crippen LogP contribution in [0, 0.1) is 11.7 Å². The number of aromatic nitrogens is 1. The number of hydrogen-bond acceptors (Lipinski definition) is 4. The molecule has 0 aliphatic carbocycles. The maximum atomic E-state index is 13.7. The number of carbonyl (C=O) groups is 1. The molecule has 0 fully saturated rings. The van der Waals surface area contributed by atoms with Gasteiger partial charge in [-0.1, -0.05) is 0 Å². The maximum Gasteiger partial charge on any atom is 0.417 e. The van der Waals surface area contributed by atoms with Gasteiger partial charge in [0, 0.05) is 6.20 Å². The number of rotatable bonds is 6. The van der Waals surface area contributed by atoms with Gasteiger partial charge in [0.25, 0.3) is 5.88 Å². The molecule has 1 aromatic carbocycles. The number of hydrogen-bond donors (Lipinski definition) is 1. The topological polar surface area (TPSA) is 68.7 Å². The molecule has 0 bridgehead atoms. The minimum Gasteiger partial charge on any atom is -0.493 e. The van der Waals surface area contributed by atoms with Crippen LogP contribution in [0.1, 0.15) is 12.5 Å². The van der Waals surface area contributed by atoms with Gasteiger partial charge in [0.2, 0.25) is 0 Å². The molecule has 0 saturated carbocycles. The van der Waals surface area contributed by atoms with Gasteiger partial charge >= 0.3 is 12.1 Å². The summed E-state index contributed by atoms with van der Waals surface area (Å²) in [4.78, 5) is 14.0. The average molecular weight is 359 g/mol. The molecule has 0 aliphatic rings. The number of nitrogens with zero attached hydrogens (tertiary/aromatic N) is 1. The summed E-state index contributed by atoms with van der Waals surface area (Å²) in [6.45, 7) is 1.45. The normalized spacial score (nSPS) is 12.5. The van der Waals surface area contributed by atoms with Gasteiger partial charge < -0.3 is 14.6 Å². The summed E-state index contributed by atoms with van der Waals surface area (Å²) >= 11 is 0. The van der Waals surface area contributed by atoms with E-state index in [1.165, 1.54) is 31.2 Å². The van der Waals surface area contributed by atoms with Gasteiger partial charge in [-0.05, 0) is 37.3 Å². The van der Waals surface area contributed by atoms with E-state index in [0.717, 1.165) is 0 Å². The first kappa shape index (κ1) is 18.5. The van der Waals surface area contributed by atoms with Crippen LogP contribution in [0.25, 0.3) is 0 Å². The molecule has 0 radical (unpaired) electrons. The highest BCUT2D eigenvalue weighted by molar-refractivity contribution is 5.69. The van der Waals surface area contributed by atoms with Crippen LogP contribution in [-0.2, 0) is 11.0 Å². The van der Waals surface area contributed by atoms with E-state index in [2.05, 4.69) is 4.98 Å². The summed E-state index contributed by atoms with van der Waals surface area (Å²) < 4.78 is 61.4. The Hall–Kier alpha value is -2.84. The number of benzene rings is 1. The fourth-order valence-electron chi connectivity index (χ4n) is 1.66. The van der Waals surface area contributed by atoms with Crippen molar-refractivity contribution in [2.45, 2.75) is 13.1 Å². The Morgan fingerprint density at radius 2 is 1.84 bits per heavy atom. The van der Waals surface area contributed by atoms with Crippen molar-refractivity contribution in [2.75, 3.05) is 6.61 Å². The highest BCUT2D eigenvalue weighted by Gasteiger charge is 2.32. The third kappa shape index (κ3) is 5.07. The van der Waals surface area contributed by atoms with Crippen LogP contribution in [0.5, 0.6) is 17.4 Å². The first-order valence-corrected chi connectivity index (χ1v) is 7.03. The van der Waals surface area contributed by atoms with Crippen LogP contribution in [0.15, 0.2) is 36.5 Å². The monoisotopic (exact) mass is 359 g/mol. The highest BCUT2D eigenvalue weighted by atomic mass is 19.4. The zero-order chi connectivity index (χ0) is 18.6. The van der Waals surface area contributed by atoms with Crippen molar-refractivity contribution in [3.05, 3.63) is 47.9 Å². The molecule has 1 heterocycles. The Bertz CT molecular complexity index is 747. The fraction of sp³-hybridized carbons (Fsp3) is 0.250. The SMILES string of the molecule is CC(COc1ccc(Oc2ncc(C(F)(F)F)cc2F)cc1)C(=O)O. The summed E-state index contributed by atoms with van der Waals surface area (Å²) in [6.07, 6.45) is -4.22. The van der Waals surface area contributed by atoms with Crippen molar-refractivity contribution < 1.29 is 36.9 Å². The van der Waals surface area contributed by atoms with Gasteiger partial charge in [-0.2, -0.15) is 13.2 Å². The Labute approximate surface area is 139 Å². The molecular weight excluding hydrogens is 346 g/mol. The van der Waals surface area contributed by atoms with Crippen molar-refractivity contribution >= 4 is 5.97 Å². The van der Waals surface area contributed by atoms with Gasteiger partial charge in [0.15, 0.2) is 5.82 Å². The maximum absolute atomic E-state index is 13.7. The first-order valence-electron chi connectivity index (χ1n) is 7.03. The lowest BCUT2D eigenvalue weighted by Crippen LogP contribution is -2.17. The van der Waals surface area contributed by atoms with Crippen molar-refractivity contribution in [3.8, 4) is 17.4 Å². The van der Waals surface area contributed by atoms with Crippen molar-refractivity contribution in [2.24, 2.45) is 5.92 Å². The minimum absolute atomic E-state index is 0.0371. The van der Waals surface area contributed by atoms with Crippen LogP contribution in [0.2, 0.25) is 0 Å². The molecule has 1 N–H and O–H groups in total. The number of pyridine rings is 1. The van der Waals surface area contributed by atoms with E-state index in [-0.39, 0.29) is 12.4 Å². The molecule has 0 spiro atoms. The Balaban J connectivity index is 2.03. The summed E-state index contributed by atoms with van der Waals surface area (Å²) in [5, 5.41) is 8.75. The van der Waals surface area contributed by atoms with E-state index >= 15 is 0 Å². The molecule has 0 aliphatic heterocycles. The van der Waals surface area contributed by atoms with Crippen LogP contribution < -0.4 is 9.47 Å². The smallest absolute Gasteiger partial charge is 0.417 e. The van der Waals surface area contributed by atoms with Crippen LogP contribution in [-0.4, -0.2) is 22.7 Å². The number of carboxylic acid groups (broad SMARTS) is 1. The molecule has 25 heavy (non-hydrogen) atoms. The lowest BCUT2D eigenvalue weighted by Gasteiger charge is -2.11. The number of carboxylic acids is 1. The zero-order valence-electron chi connectivity index (χ0n) is 12.9. The van der Waals surface area contributed by atoms with Crippen molar-refractivity contribution in [3.63, 3.8) is 0 Å². The number of aliphatic carboxylic acids is 1. The third-order valence-electron chi connectivity index (χ3n) is 3.09. The van der Waals surface area contributed by atoms with E-state index in [1.54, 1.807) is 0 Å². The number of alkyl halides is 3. The van der Waals surface area contributed by atoms with Crippen molar-refractivity contribution in [1.29, 1.82) is 0 Å². The predicted molar refractivity (Wildman–Crippen MR) is 78.0 cm³/mol. The molecule has 1 unspecified atom stereocenters. The standard InChI is InChI=1S/C16H13F4NO4/c1-9(15(22)23)8-24-11-2-4-12(5-3-11)25-14-13(17)6-10(7-21-14)16(18,19)20/h2-7,9H,8H2,1H3,(H,22,23). The molecule has 0 saturated heterocycles. The zero-order valence-corrected chi connectivity index (χ0v) is 12.9. The van der Waals surface area contributed by atoms with Gasteiger partial charge in [-0.3, -0.25) is 4.79 Å². The molecule has 134 valence electrons. The number of ether oxygens (including phenoxy) is 2. The van der Waals surface area contributed by atoms with E-state index in [1.807, 2.05) is 0 Å². The van der Waals surface area contributed by atoms with E-state index in [0.29, 0.717) is 18.0 Å². The Morgan fingerprint density at radius 1 is 1.24 bits per heavy atom. The van der Waals surface area contributed by atoms with Gasteiger partial charge in [0.05, 0.1) is 11.5 Å².